The zero-order chi connectivity index (χ0) is 15.6. The fourth-order valence-electron chi connectivity index (χ4n) is 2.32. The Morgan fingerprint density at radius 2 is 2.14 bits per heavy atom. The van der Waals surface area contributed by atoms with E-state index in [9.17, 15) is 4.79 Å². The lowest BCUT2D eigenvalue weighted by molar-refractivity contribution is 0.101. The van der Waals surface area contributed by atoms with Crippen LogP contribution >= 0.6 is 0 Å². The molecule has 0 radical (unpaired) electrons. The van der Waals surface area contributed by atoms with E-state index in [0.29, 0.717) is 41.2 Å². The summed E-state index contributed by atoms with van der Waals surface area (Å²) in [5.74, 6) is 1.07. The molecule has 0 fully saturated rings. The molecule has 0 amide bonds. The van der Waals surface area contributed by atoms with Crippen molar-refractivity contribution in [2.45, 2.75) is 34.1 Å². The molecule has 21 heavy (non-hydrogen) atoms. The summed E-state index contributed by atoms with van der Waals surface area (Å²) in [6.07, 6.45) is 2.09. The van der Waals surface area contributed by atoms with Gasteiger partial charge in [-0.1, -0.05) is 13.8 Å². The van der Waals surface area contributed by atoms with Crippen molar-refractivity contribution in [1.29, 1.82) is 0 Å². The van der Waals surface area contributed by atoms with Gasteiger partial charge < -0.3 is 14.8 Å². The van der Waals surface area contributed by atoms with Gasteiger partial charge in [-0.3, -0.25) is 4.79 Å². The Morgan fingerprint density at radius 3 is 2.76 bits per heavy atom. The van der Waals surface area contributed by atoms with Gasteiger partial charge in [0.1, 0.15) is 17.9 Å². The number of fused-ring (bicyclic) bond motifs is 1. The molecule has 0 unspecified atom stereocenters. The van der Waals surface area contributed by atoms with Gasteiger partial charge in [-0.25, -0.2) is 9.97 Å². The van der Waals surface area contributed by atoms with Crippen molar-refractivity contribution in [1.82, 2.24) is 9.97 Å². The largest absolute Gasteiger partial charge is 0.442 e. The number of rotatable bonds is 6. The summed E-state index contributed by atoms with van der Waals surface area (Å²) in [7, 11) is 0. The van der Waals surface area contributed by atoms with E-state index in [1.54, 1.807) is 6.92 Å². The van der Waals surface area contributed by atoms with Crippen LogP contribution in [0.1, 0.15) is 43.3 Å². The Bertz CT molecular complexity index is 661. The van der Waals surface area contributed by atoms with Crippen LogP contribution in [0.25, 0.3) is 11.1 Å². The van der Waals surface area contributed by atoms with Crippen molar-refractivity contribution in [3.8, 4) is 0 Å². The van der Waals surface area contributed by atoms with Crippen LogP contribution < -0.4 is 5.32 Å². The molecule has 0 saturated heterocycles. The summed E-state index contributed by atoms with van der Waals surface area (Å²) in [4.78, 5) is 20.1. The molecule has 2 heterocycles. The van der Waals surface area contributed by atoms with E-state index in [2.05, 4.69) is 29.1 Å². The lowest BCUT2D eigenvalue weighted by Gasteiger charge is -2.24. The molecular formula is C15H21N3O3. The normalized spacial score (nSPS) is 11.9. The van der Waals surface area contributed by atoms with Crippen LogP contribution in [-0.4, -0.2) is 34.0 Å². The number of aromatic nitrogens is 2. The average Bonchev–Trinajstić information content (AvgIpc) is 2.72. The third-order valence-electron chi connectivity index (χ3n) is 3.54. The Kier molecular flexibility index (Phi) is 4.27. The standard InChI is InChI=1S/C15H21N3O3/c1-9(20)11-10(2)21-14-12(11)13(17-8-18-14)16-7-15(3,4)5-6-19/h8,19H,5-7H2,1-4H3,(H,16,17,18). The first-order valence-corrected chi connectivity index (χ1v) is 6.95. The molecule has 6 nitrogen and oxygen atoms in total. The fourth-order valence-corrected chi connectivity index (χ4v) is 2.32. The van der Waals surface area contributed by atoms with Crippen LogP contribution in [0.5, 0.6) is 0 Å². The van der Waals surface area contributed by atoms with E-state index in [1.165, 1.54) is 13.3 Å². The van der Waals surface area contributed by atoms with Gasteiger partial charge in [0.2, 0.25) is 5.71 Å². The number of anilines is 1. The lowest BCUT2D eigenvalue weighted by Crippen LogP contribution is -2.24. The van der Waals surface area contributed by atoms with Gasteiger partial charge in [-0.05, 0) is 25.7 Å². The smallest absolute Gasteiger partial charge is 0.232 e. The first-order chi connectivity index (χ1) is 9.85. The highest BCUT2D eigenvalue weighted by molar-refractivity contribution is 6.09. The Balaban J connectivity index is 2.38. The maximum absolute atomic E-state index is 11.8. The van der Waals surface area contributed by atoms with Crippen molar-refractivity contribution in [2.75, 3.05) is 18.5 Å². The third kappa shape index (κ3) is 3.21. The molecule has 0 aromatic carbocycles. The Hall–Kier alpha value is -1.95. The van der Waals surface area contributed by atoms with Crippen molar-refractivity contribution in [3.63, 3.8) is 0 Å². The summed E-state index contributed by atoms with van der Waals surface area (Å²) in [5, 5.41) is 13.0. The second kappa shape index (κ2) is 5.81. The topological polar surface area (TPSA) is 88.2 Å². The van der Waals surface area contributed by atoms with Crippen molar-refractivity contribution < 1.29 is 14.3 Å². The number of carbonyl (C=O) groups is 1. The van der Waals surface area contributed by atoms with Gasteiger partial charge in [-0.2, -0.15) is 0 Å². The minimum absolute atomic E-state index is 0.0706. The van der Waals surface area contributed by atoms with Gasteiger partial charge in [0.05, 0.1) is 10.9 Å². The summed E-state index contributed by atoms with van der Waals surface area (Å²) < 4.78 is 5.53. The zero-order valence-electron chi connectivity index (χ0n) is 12.9. The quantitative estimate of drug-likeness (QED) is 0.795. The summed E-state index contributed by atoms with van der Waals surface area (Å²) in [6, 6.07) is 0. The van der Waals surface area contributed by atoms with Gasteiger partial charge in [0, 0.05) is 13.2 Å². The first-order valence-electron chi connectivity index (χ1n) is 6.95. The van der Waals surface area contributed by atoms with E-state index in [1.807, 2.05) is 0 Å². The number of ketones is 1. The summed E-state index contributed by atoms with van der Waals surface area (Å²) in [6.45, 7) is 8.13. The van der Waals surface area contributed by atoms with Crippen LogP contribution in [-0.2, 0) is 0 Å². The SMILES string of the molecule is CC(=O)c1c(C)oc2ncnc(NCC(C)(C)CCO)c12. The molecule has 2 aromatic rings. The zero-order valence-corrected chi connectivity index (χ0v) is 12.9. The van der Waals surface area contributed by atoms with Gasteiger partial charge >= 0.3 is 0 Å². The molecule has 0 bridgehead atoms. The molecule has 2 rings (SSSR count). The predicted octanol–water partition coefficient (Wildman–Crippen LogP) is 2.55. The monoisotopic (exact) mass is 291 g/mol. The van der Waals surface area contributed by atoms with Gasteiger partial charge in [0.25, 0.3) is 0 Å². The number of furan rings is 1. The van der Waals surface area contributed by atoms with Gasteiger partial charge in [-0.15, -0.1) is 0 Å². The fraction of sp³-hybridized carbons (Fsp3) is 0.533. The van der Waals surface area contributed by atoms with Crippen molar-refractivity contribution >= 4 is 22.7 Å². The molecule has 2 aromatic heterocycles. The molecule has 0 atom stereocenters. The predicted molar refractivity (Wildman–Crippen MR) is 80.5 cm³/mol. The van der Waals surface area contributed by atoms with E-state index in [0.717, 1.165) is 0 Å². The number of hydrogen-bond donors (Lipinski definition) is 2. The van der Waals surface area contributed by atoms with Crippen molar-refractivity contribution in [3.05, 3.63) is 17.7 Å². The molecule has 114 valence electrons. The molecule has 0 aliphatic carbocycles. The number of carbonyl (C=O) groups excluding carboxylic acids is 1. The number of aliphatic hydroxyl groups is 1. The molecule has 6 heteroatoms. The van der Waals surface area contributed by atoms with Gasteiger partial charge in [0.15, 0.2) is 5.78 Å². The Morgan fingerprint density at radius 1 is 1.43 bits per heavy atom. The maximum atomic E-state index is 11.8. The molecular weight excluding hydrogens is 270 g/mol. The second-order valence-corrected chi connectivity index (χ2v) is 5.98. The minimum Gasteiger partial charge on any atom is -0.442 e. The minimum atomic E-state index is -0.0822. The lowest BCUT2D eigenvalue weighted by atomic mass is 9.90. The van der Waals surface area contributed by atoms with Crippen molar-refractivity contribution in [2.24, 2.45) is 5.41 Å². The van der Waals surface area contributed by atoms with Crippen LogP contribution in [0.4, 0.5) is 5.82 Å². The first kappa shape index (κ1) is 15.4. The second-order valence-electron chi connectivity index (χ2n) is 5.98. The molecule has 0 saturated carbocycles. The maximum Gasteiger partial charge on any atom is 0.232 e. The van der Waals surface area contributed by atoms with Crippen LogP contribution in [0, 0.1) is 12.3 Å². The highest BCUT2D eigenvalue weighted by Crippen LogP contribution is 2.30. The number of aliphatic hydroxyl groups excluding tert-OH is 1. The van der Waals surface area contributed by atoms with Crippen LogP contribution in [0.15, 0.2) is 10.7 Å². The van der Waals surface area contributed by atoms with Crippen LogP contribution in [0.3, 0.4) is 0 Å². The van der Waals surface area contributed by atoms with E-state index in [4.69, 9.17) is 9.52 Å². The average molecular weight is 291 g/mol. The number of aryl methyl sites for hydroxylation is 1. The third-order valence-corrected chi connectivity index (χ3v) is 3.54. The highest BCUT2D eigenvalue weighted by atomic mass is 16.3. The number of hydrogen-bond acceptors (Lipinski definition) is 6. The Labute approximate surface area is 123 Å². The number of nitrogens with zero attached hydrogens (tertiary/aromatic N) is 2. The van der Waals surface area contributed by atoms with Crippen LogP contribution in [0.2, 0.25) is 0 Å². The number of Topliss-reactive ketones (excluding diaryl/α,β-unsaturated/α-hetero) is 1. The van der Waals surface area contributed by atoms with E-state index >= 15 is 0 Å². The molecule has 0 spiro atoms. The molecule has 0 aliphatic heterocycles. The summed E-state index contributed by atoms with van der Waals surface area (Å²) >= 11 is 0. The molecule has 2 N–H and O–H groups in total. The number of nitrogens with one attached hydrogen (secondary N) is 1. The van der Waals surface area contributed by atoms with E-state index < -0.39 is 0 Å². The molecule has 0 aliphatic rings. The highest BCUT2D eigenvalue weighted by Gasteiger charge is 2.22. The van der Waals surface area contributed by atoms with E-state index in [-0.39, 0.29) is 17.8 Å². The summed E-state index contributed by atoms with van der Waals surface area (Å²) in [5.41, 5.74) is 0.851.